The maximum atomic E-state index is 13.6. The first-order valence-corrected chi connectivity index (χ1v) is 11.5. The first kappa shape index (κ1) is 25.6. The van der Waals surface area contributed by atoms with E-state index in [1.54, 1.807) is 36.4 Å². The molecule has 1 amide bonds. The van der Waals surface area contributed by atoms with Gasteiger partial charge in [-0.15, -0.1) is 0 Å². The second kappa shape index (κ2) is 11.5. The first-order valence-electron chi connectivity index (χ1n) is 11.5. The second-order valence-electron chi connectivity index (χ2n) is 8.28. The summed E-state index contributed by atoms with van der Waals surface area (Å²) in [6, 6.07) is 19.9. The molecule has 0 spiro atoms. The van der Waals surface area contributed by atoms with E-state index < -0.39 is 36.1 Å². The molecule has 4 rings (SSSR count). The molecule has 3 aromatic carbocycles. The van der Waals surface area contributed by atoms with Crippen LogP contribution < -0.4 is 19.5 Å². The minimum Gasteiger partial charge on any atom is -0.497 e. The average molecular weight is 506 g/mol. The number of hydrogen-bond acceptors (Lipinski definition) is 8. The topological polar surface area (TPSA) is 109 Å². The third-order valence-electron chi connectivity index (χ3n) is 5.96. The highest BCUT2D eigenvalue weighted by molar-refractivity contribution is 6.04. The molecule has 1 heterocycles. The predicted octanol–water partition coefficient (Wildman–Crippen LogP) is 3.90. The first-order chi connectivity index (χ1) is 17.9. The predicted molar refractivity (Wildman–Crippen MR) is 133 cm³/mol. The molecule has 0 unspecified atom stereocenters. The van der Waals surface area contributed by atoms with Crippen LogP contribution in [0.15, 0.2) is 72.8 Å². The van der Waals surface area contributed by atoms with Crippen LogP contribution in [0, 0.1) is 0 Å². The molecule has 37 heavy (non-hydrogen) atoms. The highest BCUT2D eigenvalue weighted by atomic mass is 16.6. The Morgan fingerprint density at radius 3 is 2.35 bits per heavy atom. The van der Waals surface area contributed by atoms with Crippen LogP contribution in [0.5, 0.6) is 17.2 Å². The van der Waals surface area contributed by atoms with E-state index in [0.29, 0.717) is 22.8 Å². The number of amides is 1. The number of esters is 1. The van der Waals surface area contributed by atoms with Crippen LogP contribution in [0.1, 0.15) is 27.6 Å². The highest BCUT2D eigenvalue weighted by Crippen LogP contribution is 2.39. The minimum atomic E-state index is -1.35. The second-order valence-corrected chi connectivity index (χ2v) is 8.28. The van der Waals surface area contributed by atoms with Crippen molar-refractivity contribution in [2.75, 3.05) is 21.3 Å². The van der Waals surface area contributed by atoms with Crippen LogP contribution in [-0.2, 0) is 20.7 Å². The van der Waals surface area contributed by atoms with Crippen LogP contribution in [0.25, 0.3) is 0 Å². The van der Waals surface area contributed by atoms with Gasteiger partial charge in [0.15, 0.2) is 6.10 Å². The number of alkyl carbamates (subject to hydrolysis) is 1. The van der Waals surface area contributed by atoms with Crippen molar-refractivity contribution in [2.45, 2.75) is 24.7 Å². The van der Waals surface area contributed by atoms with Crippen LogP contribution >= 0.6 is 0 Å². The fourth-order valence-corrected chi connectivity index (χ4v) is 4.07. The lowest BCUT2D eigenvalue weighted by Gasteiger charge is -2.32. The smallest absolute Gasteiger partial charge is 0.408 e. The third kappa shape index (κ3) is 5.83. The zero-order chi connectivity index (χ0) is 26.4. The van der Waals surface area contributed by atoms with Gasteiger partial charge in [-0.05, 0) is 35.9 Å². The van der Waals surface area contributed by atoms with Crippen LogP contribution in [0.2, 0.25) is 0 Å². The van der Waals surface area contributed by atoms with Gasteiger partial charge in [-0.1, -0.05) is 42.5 Å². The zero-order valence-corrected chi connectivity index (χ0v) is 20.6. The molecule has 1 N–H and O–H groups in total. The summed E-state index contributed by atoms with van der Waals surface area (Å²) in [5, 5.41) is 2.53. The zero-order valence-electron chi connectivity index (χ0n) is 20.6. The molecule has 0 fully saturated rings. The van der Waals surface area contributed by atoms with E-state index in [-0.39, 0.29) is 12.0 Å². The number of Topliss-reactive ketones (excluding diaryl/α,β-unsaturated/α-hetero) is 1. The Morgan fingerprint density at radius 2 is 1.65 bits per heavy atom. The van der Waals surface area contributed by atoms with Gasteiger partial charge in [0.1, 0.15) is 23.3 Å². The van der Waals surface area contributed by atoms with E-state index in [9.17, 15) is 14.4 Å². The molecule has 0 saturated heterocycles. The Kier molecular flexibility index (Phi) is 7.92. The molecule has 3 atom stereocenters. The lowest BCUT2D eigenvalue weighted by molar-refractivity contribution is -0.143. The summed E-state index contributed by atoms with van der Waals surface area (Å²) in [4.78, 5) is 39.0. The van der Waals surface area contributed by atoms with Gasteiger partial charge in [-0.3, -0.25) is 4.79 Å². The summed E-state index contributed by atoms with van der Waals surface area (Å²) in [7, 11) is 4.24. The number of carbonyl (C=O) groups is 3. The van der Waals surface area contributed by atoms with Gasteiger partial charge in [0, 0.05) is 12.0 Å². The van der Waals surface area contributed by atoms with E-state index in [4.69, 9.17) is 23.7 Å². The maximum absolute atomic E-state index is 13.6. The molecular formula is C28H27NO8. The van der Waals surface area contributed by atoms with Gasteiger partial charge in [-0.25, -0.2) is 9.59 Å². The van der Waals surface area contributed by atoms with Crippen LogP contribution in [-0.4, -0.2) is 51.3 Å². The molecule has 192 valence electrons. The van der Waals surface area contributed by atoms with Gasteiger partial charge >= 0.3 is 12.1 Å². The average Bonchev–Trinajstić information content (AvgIpc) is 2.94. The fraction of sp³-hybridized carbons (Fsp3) is 0.250. The largest absolute Gasteiger partial charge is 0.497 e. The van der Waals surface area contributed by atoms with Crippen LogP contribution in [0.4, 0.5) is 4.79 Å². The molecule has 0 radical (unpaired) electrons. The molecule has 0 saturated carbocycles. The van der Waals surface area contributed by atoms with Crippen molar-refractivity contribution in [3.63, 3.8) is 0 Å². The monoisotopic (exact) mass is 505 g/mol. The molecule has 3 aromatic rings. The summed E-state index contributed by atoms with van der Waals surface area (Å²) in [6.07, 6.45) is -3.09. The van der Waals surface area contributed by atoms with Crippen LogP contribution in [0.3, 0.4) is 0 Å². The van der Waals surface area contributed by atoms with E-state index in [1.165, 1.54) is 27.4 Å². The molecular weight excluding hydrogens is 478 g/mol. The van der Waals surface area contributed by atoms with Crippen molar-refractivity contribution in [1.29, 1.82) is 0 Å². The van der Waals surface area contributed by atoms with Crippen molar-refractivity contribution in [3.8, 4) is 17.2 Å². The summed E-state index contributed by atoms with van der Waals surface area (Å²) < 4.78 is 27.2. The van der Waals surface area contributed by atoms with Gasteiger partial charge in [-0.2, -0.15) is 0 Å². The Morgan fingerprint density at radius 1 is 0.919 bits per heavy atom. The van der Waals surface area contributed by atoms with Crippen molar-refractivity contribution in [2.24, 2.45) is 0 Å². The number of rotatable bonds is 8. The molecule has 1 aliphatic rings. The summed E-state index contributed by atoms with van der Waals surface area (Å²) >= 11 is 0. The minimum absolute atomic E-state index is 0.178. The lowest BCUT2D eigenvalue weighted by atomic mass is 9.93. The van der Waals surface area contributed by atoms with Crippen molar-refractivity contribution >= 4 is 17.8 Å². The molecule has 1 aliphatic heterocycles. The number of benzene rings is 3. The van der Waals surface area contributed by atoms with E-state index >= 15 is 0 Å². The molecule has 0 bridgehead atoms. The van der Waals surface area contributed by atoms with Gasteiger partial charge in [0.05, 0.1) is 26.9 Å². The fourth-order valence-electron chi connectivity index (χ4n) is 4.07. The van der Waals surface area contributed by atoms with Crippen molar-refractivity contribution in [1.82, 2.24) is 5.32 Å². The van der Waals surface area contributed by atoms with E-state index in [1.807, 2.05) is 30.3 Å². The molecule has 0 aromatic heterocycles. The lowest BCUT2D eigenvalue weighted by Crippen LogP contribution is -2.47. The molecule has 0 aliphatic carbocycles. The number of hydrogen-bond donors (Lipinski definition) is 1. The number of methoxy groups -OCH3 is 3. The van der Waals surface area contributed by atoms with Crippen molar-refractivity contribution < 1.29 is 38.1 Å². The van der Waals surface area contributed by atoms with Gasteiger partial charge in [0.25, 0.3) is 0 Å². The maximum Gasteiger partial charge on any atom is 0.408 e. The normalized spacial score (nSPS) is 17.0. The summed E-state index contributed by atoms with van der Waals surface area (Å²) in [5.74, 6) is 0.209. The Balaban J connectivity index is 1.62. The Labute approximate surface area is 214 Å². The number of ether oxygens (including phenoxy) is 5. The third-order valence-corrected chi connectivity index (χ3v) is 5.96. The summed E-state index contributed by atoms with van der Waals surface area (Å²) in [6.45, 7) is 0. The highest BCUT2D eigenvalue weighted by Gasteiger charge is 2.42. The quantitative estimate of drug-likeness (QED) is 0.459. The van der Waals surface area contributed by atoms with Gasteiger partial charge < -0.3 is 29.0 Å². The van der Waals surface area contributed by atoms with E-state index in [0.717, 1.165) is 5.56 Å². The van der Waals surface area contributed by atoms with E-state index in [2.05, 4.69) is 5.32 Å². The Hall–Kier alpha value is -4.53. The number of carbonyl (C=O) groups excluding carboxylic acids is 3. The number of ketones is 1. The Bertz CT molecular complexity index is 1280. The standard InChI is InChI=1S/C28H27NO8/c1-33-19-11-7-10-18(15-19)25-26(24(30)21-16-20(34-2)12-13-23(21)36-25)37-28(32)29-22(27(31)35-3)14-17-8-5-4-6-9-17/h4-13,15-16,22,25-26H,14H2,1-3H3,(H,29,32)/t22-,25-,26+/m0/s1. The molecule has 9 nitrogen and oxygen atoms in total. The SMILES string of the molecule is COC(=O)[C@H](Cc1ccccc1)NC(=O)O[C@@H]1C(=O)c2cc(OC)ccc2O[C@H]1c1cccc(OC)c1. The van der Waals surface area contributed by atoms with Gasteiger partial charge in [0.2, 0.25) is 11.9 Å². The number of nitrogens with one attached hydrogen (secondary N) is 1. The molecule has 9 heteroatoms. The number of fused-ring (bicyclic) bond motifs is 1. The summed E-state index contributed by atoms with van der Waals surface area (Å²) in [5.41, 5.74) is 1.59. The van der Waals surface area contributed by atoms with Crippen molar-refractivity contribution in [3.05, 3.63) is 89.5 Å².